The Kier molecular flexibility index (Phi) is 8.97. The van der Waals surface area contributed by atoms with Gasteiger partial charge < -0.3 is 9.47 Å². The summed E-state index contributed by atoms with van der Waals surface area (Å²) < 4.78 is 76.6. The van der Waals surface area contributed by atoms with E-state index in [4.69, 9.17) is 9.47 Å². The molecule has 0 aromatic heterocycles. The number of hydrogen-bond acceptors (Lipinski definition) is 5. The Morgan fingerprint density at radius 2 is 1.69 bits per heavy atom. The highest BCUT2D eigenvalue weighted by Crippen LogP contribution is 2.32. The van der Waals surface area contributed by atoms with Crippen LogP contribution in [0, 0.1) is 0 Å². The Balaban J connectivity index is 1.40. The molecule has 0 bridgehead atoms. The largest absolute Gasteiger partial charge is 0.416 e. The van der Waals surface area contributed by atoms with Crippen LogP contribution in [0.15, 0.2) is 29.2 Å². The molecule has 1 heterocycles. The van der Waals surface area contributed by atoms with Crippen molar-refractivity contribution in [2.45, 2.75) is 61.7 Å². The summed E-state index contributed by atoms with van der Waals surface area (Å²) in [7, 11) is -2.34. The molecule has 0 unspecified atom stereocenters. The highest BCUT2D eigenvalue weighted by Gasteiger charge is 2.34. The van der Waals surface area contributed by atoms with Gasteiger partial charge in [0, 0.05) is 32.8 Å². The molecule has 6 nitrogen and oxygen atoms in total. The van der Waals surface area contributed by atoms with Gasteiger partial charge >= 0.3 is 6.18 Å². The maximum absolute atomic E-state index is 12.8. The number of unbranched alkanes of at least 4 members (excludes halogenated alkanes) is 1. The molecule has 2 fully saturated rings. The van der Waals surface area contributed by atoms with E-state index >= 15 is 0 Å². The number of ether oxygens (including phenoxy) is 2. The summed E-state index contributed by atoms with van der Waals surface area (Å²) in [5.74, 6) is 0. The van der Waals surface area contributed by atoms with E-state index in [2.05, 4.69) is 4.90 Å². The van der Waals surface area contributed by atoms with Crippen LogP contribution in [0.25, 0.3) is 0 Å². The van der Waals surface area contributed by atoms with Gasteiger partial charge in [0.05, 0.1) is 29.8 Å². The van der Waals surface area contributed by atoms with Crippen LogP contribution in [0.1, 0.15) is 44.1 Å². The highest BCUT2D eigenvalue weighted by atomic mass is 32.2. The van der Waals surface area contributed by atoms with Crippen LogP contribution in [0.2, 0.25) is 0 Å². The van der Waals surface area contributed by atoms with E-state index in [0.29, 0.717) is 19.4 Å². The molecule has 0 amide bonds. The number of sulfonamides is 1. The maximum Gasteiger partial charge on any atom is 0.416 e. The first kappa shape index (κ1) is 25.4. The Labute approximate surface area is 188 Å². The van der Waals surface area contributed by atoms with Crippen LogP contribution in [-0.2, 0) is 25.7 Å². The van der Waals surface area contributed by atoms with Crippen LogP contribution >= 0.6 is 0 Å². The van der Waals surface area contributed by atoms with Crippen molar-refractivity contribution in [1.82, 2.24) is 9.21 Å². The van der Waals surface area contributed by atoms with Gasteiger partial charge in [-0.05, 0) is 69.3 Å². The van der Waals surface area contributed by atoms with E-state index in [-0.39, 0.29) is 17.0 Å². The smallest absolute Gasteiger partial charge is 0.379 e. The van der Waals surface area contributed by atoms with Gasteiger partial charge in [0.1, 0.15) is 0 Å². The van der Waals surface area contributed by atoms with Crippen molar-refractivity contribution in [1.29, 1.82) is 0 Å². The number of alkyl halides is 3. The quantitative estimate of drug-likeness (QED) is 0.506. The summed E-state index contributed by atoms with van der Waals surface area (Å²) in [6.45, 7) is 5.37. The second kappa shape index (κ2) is 11.3. The second-order valence-electron chi connectivity index (χ2n) is 8.51. The van der Waals surface area contributed by atoms with E-state index in [1.54, 1.807) is 0 Å². The summed E-state index contributed by atoms with van der Waals surface area (Å²) in [5.41, 5.74) is -0.860. The van der Waals surface area contributed by atoms with Crippen LogP contribution in [0.4, 0.5) is 13.2 Å². The SMILES string of the molecule is CN([C@H]1CC[C@H](OCCCCN2CCOCC2)CC1)S(=O)(=O)c1ccc(C(F)(F)F)cc1. The van der Waals surface area contributed by atoms with E-state index in [1.165, 1.54) is 11.4 Å². The van der Waals surface area contributed by atoms with Crippen LogP contribution in [0.5, 0.6) is 0 Å². The number of nitrogens with zero attached hydrogens (tertiary/aromatic N) is 2. The van der Waals surface area contributed by atoms with Gasteiger partial charge in [-0.1, -0.05) is 0 Å². The summed E-state index contributed by atoms with van der Waals surface area (Å²) in [6, 6.07) is 3.50. The van der Waals surface area contributed by atoms with E-state index in [9.17, 15) is 21.6 Å². The van der Waals surface area contributed by atoms with Crippen LogP contribution in [0.3, 0.4) is 0 Å². The van der Waals surface area contributed by atoms with Crippen LogP contribution < -0.4 is 0 Å². The molecule has 1 saturated heterocycles. The van der Waals surface area contributed by atoms with Gasteiger partial charge in [0.2, 0.25) is 10.0 Å². The molecule has 1 aromatic rings. The summed E-state index contributed by atoms with van der Waals surface area (Å²) in [5, 5.41) is 0. The van der Waals surface area contributed by atoms with Gasteiger partial charge in [-0.2, -0.15) is 17.5 Å². The Morgan fingerprint density at radius 3 is 2.28 bits per heavy atom. The maximum atomic E-state index is 12.8. The summed E-state index contributed by atoms with van der Waals surface area (Å²) >= 11 is 0. The average molecular weight is 479 g/mol. The fourth-order valence-corrected chi connectivity index (χ4v) is 5.68. The lowest BCUT2D eigenvalue weighted by atomic mass is 9.93. The molecule has 10 heteroatoms. The molecule has 0 atom stereocenters. The number of rotatable bonds is 9. The van der Waals surface area contributed by atoms with Crippen LogP contribution in [-0.4, -0.2) is 76.3 Å². The molecule has 32 heavy (non-hydrogen) atoms. The van der Waals surface area contributed by atoms with Crippen molar-refractivity contribution in [3.8, 4) is 0 Å². The molecule has 1 aliphatic carbocycles. The van der Waals surface area contributed by atoms with Crippen molar-refractivity contribution in [2.75, 3.05) is 46.5 Å². The minimum atomic E-state index is -4.49. The standard InChI is InChI=1S/C22H33F3N2O4S/c1-26(32(28,29)21-10-4-18(5-11-21)22(23,24)25)19-6-8-20(9-7-19)31-15-3-2-12-27-13-16-30-17-14-27/h4-5,10-11,19-20H,2-3,6-9,12-17H2,1H3/t19-,20-. The first-order chi connectivity index (χ1) is 15.2. The fourth-order valence-electron chi connectivity index (χ4n) is 4.27. The number of morpholine rings is 1. The van der Waals surface area contributed by atoms with Gasteiger partial charge in [0.15, 0.2) is 0 Å². The number of benzene rings is 1. The second-order valence-corrected chi connectivity index (χ2v) is 10.5. The van der Waals surface area contributed by atoms with Crippen molar-refractivity contribution in [3.63, 3.8) is 0 Å². The topological polar surface area (TPSA) is 59.1 Å². The summed E-state index contributed by atoms with van der Waals surface area (Å²) in [6.07, 6.45) is 0.640. The molecule has 1 aromatic carbocycles. The van der Waals surface area contributed by atoms with Crippen molar-refractivity contribution < 1.29 is 31.1 Å². The minimum Gasteiger partial charge on any atom is -0.379 e. The molecule has 2 aliphatic rings. The Bertz CT molecular complexity index is 803. The zero-order valence-electron chi connectivity index (χ0n) is 18.5. The molecule has 0 radical (unpaired) electrons. The predicted molar refractivity (Wildman–Crippen MR) is 115 cm³/mol. The average Bonchev–Trinajstić information content (AvgIpc) is 2.79. The molecule has 0 spiro atoms. The molecule has 182 valence electrons. The van der Waals surface area contributed by atoms with Gasteiger partial charge in [0.25, 0.3) is 0 Å². The van der Waals surface area contributed by atoms with Crippen molar-refractivity contribution >= 4 is 10.0 Å². The van der Waals surface area contributed by atoms with E-state index in [1.807, 2.05) is 0 Å². The summed E-state index contributed by atoms with van der Waals surface area (Å²) in [4.78, 5) is 2.29. The van der Waals surface area contributed by atoms with E-state index in [0.717, 1.165) is 82.8 Å². The first-order valence-corrected chi connectivity index (χ1v) is 12.7. The number of hydrogen-bond donors (Lipinski definition) is 0. The van der Waals surface area contributed by atoms with E-state index < -0.39 is 21.8 Å². The number of halogens is 3. The molecule has 3 rings (SSSR count). The van der Waals surface area contributed by atoms with Gasteiger partial charge in [-0.25, -0.2) is 8.42 Å². The Hall–Kier alpha value is -1.20. The van der Waals surface area contributed by atoms with Crippen molar-refractivity contribution in [2.24, 2.45) is 0 Å². The zero-order valence-corrected chi connectivity index (χ0v) is 19.3. The molecule has 1 saturated carbocycles. The molecular weight excluding hydrogens is 445 g/mol. The Morgan fingerprint density at radius 1 is 1.06 bits per heavy atom. The third kappa shape index (κ3) is 6.90. The zero-order chi connectivity index (χ0) is 23.2. The first-order valence-electron chi connectivity index (χ1n) is 11.2. The fraction of sp³-hybridized carbons (Fsp3) is 0.727. The molecule has 0 N–H and O–H groups in total. The molecule has 1 aliphatic heterocycles. The lowest BCUT2D eigenvalue weighted by Gasteiger charge is -2.34. The van der Waals surface area contributed by atoms with Gasteiger partial charge in [-0.3, -0.25) is 4.90 Å². The molecular formula is C22H33F3N2O4S. The monoisotopic (exact) mass is 478 g/mol. The van der Waals surface area contributed by atoms with Crippen molar-refractivity contribution in [3.05, 3.63) is 29.8 Å². The third-order valence-electron chi connectivity index (χ3n) is 6.34. The predicted octanol–water partition coefficient (Wildman–Crippen LogP) is 3.77. The highest BCUT2D eigenvalue weighted by molar-refractivity contribution is 7.89. The van der Waals surface area contributed by atoms with Gasteiger partial charge in [-0.15, -0.1) is 0 Å². The minimum absolute atomic E-state index is 0.119. The normalized spacial score (nSPS) is 23.5. The lowest BCUT2D eigenvalue weighted by Crippen LogP contribution is -2.40. The third-order valence-corrected chi connectivity index (χ3v) is 8.27. The lowest BCUT2D eigenvalue weighted by molar-refractivity contribution is -0.137.